The first-order chi connectivity index (χ1) is 7.75. The number of benzene rings is 1. The topological polar surface area (TPSA) is 38.0 Å². The van der Waals surface area contributed by atoms with Crippen LogP contribution in [0.4, 0.5) is 11.4 Å². The van der Waals surface area contributed by atoms with Crippen LogP contribution in [0.2, 0.25) is 5.02 Å². The van der Waals surface area contributed by atoms with E-state index in [1.807, 2.05) is 18.2 Å². The molecule has 1 aliphatic rings. The molecule has 3 N–H and O–H groups in total. The fourth-order valence-electron chi connectivity index (χ4n) is 2.29. The van der Waals surface area contributed by atoms with Crippen molar-refractivity contribution >= 4 is 23.0 Å². The summed E-state index contributed by atoms with van der Waals surface area (Å²) in [5.74, 6) is 0. The summed E-state index contributed by atoms with van der Waals surface area (Å²) in [6.07, 6.45) is 7.95. The van der Waals surface area contributed by atoms with Crippen molar-refractivity contribution in [3.8, 4) is 0 Å². The van der Waals surface area contributed by atoms with E-state index in [2.05, 4.69) is 5.32 Å². The van der Waals surface area contributed by atoms with E-state index in [1.165, 1.54) is 38.5 Å². The molecule has 0 bridgehead atoms. The molecule has 88 valence electrons. The molecule has 0 unspecified atom stereocenters. The van der Waals surface area contributed by atoms with Gasteiger partial charge in [0.1, 0.15) is 0 Å². The standard InChI is InChI=1S/C13H19ClN2/c14-12-8-7-11(9-13(12)15)16-10-5-3-1-2-4-6-10/h7-10,16H,1-6,15H2. The minimum absolute atomic E-state index is 0.600. The maximum Gasteiger partial charge on any atom is 0.0636 e. The lowest BCUT2D eigenvalue weighted by molar-refractivity contribution is 0.620. The third kappa shape index (κ3) is 3.05. The van der Waals surface area contributed by atoms with Gasteiger partial charge in [-0.3, -0.25) is 0 Å². The van der Waals surface area contributed by atoms with E-state index in [-0.39, 0.29) is 0 Å². The fourth-order valence-corrected chi connectivity index (χ4v) is 2.41. The Kier molecular flexibility index (Phi) is 3.94. The van der Waals surface area contributed by atoms with Crippen molar-refractivity contribution in [2.24, 2.45) is 0 Å². The first-order valence-corrected chi connectivity index (χ1v) is 6.45. The lowest BCUT2D eigenvalue weighted by Gasteiger charge is -2.18. The van der Waals surface area contributed by atoms with E-state index in [1.54, 1.807) is 0 Å². The zero-order chi connectivity index (χ0) is 11.4. The van der Waals surface area contributed by atoms with Gasteiger partial charge in [0.2, 0.25) is 0 Å². The van der Waals surface area contributed by atoms with Crippen molar-refractivity contribution in [2.45, 2.75) is 44.6 Å². The average Bonchev–Trinajstić information content (AvgIpc) is 2.52. The Balaban J connectivity index is 1.99. The number of nitrogens with two attached hydrogens (primary N) is 1. The van der Waals surface area contributed by atoms with Crippen molar-refractivity contribution in [1.29, 1.82) is 0 Å². The summed E-state index contributed by atoms with van der Waals surface area (Å²) in [5, 5.41) is 4.18. The minimum Gasteiger partial charge on any atom is -0.397 e. The van der Waals surface area contributed by atoms with Crippen LogP contribution in [0, 0.1) is 0 Å². The largest absolute Gasteiger partial charge is 0.397 e. The Morgan fingerprint density at radius 3 is 2.44 bits per heavy atom. The van der Waals surface area contributed by atoms with Crippen LogP contribution >= 0.6 is 11.6 Å². The van der Waals surface area contributed by atoms with Gasteiger partial charge in [-0.15, -0.1) is 0 Å². The molecule has 0 spiro atoms. The summed E-state index contributed by atoms with van der Waals surface area (Å²) in [7, 11) is 0. The van der Waals surface area contributed by atoms with Gasteiger partial charge in [-0.25, -0.2) is 0 Å². The Morgan fingerprint density at radius 1 is 1.12 bits per heavy atom. The normalized spacial score (nSPS) is 18.1. The molecule has 1 aromatic rings. The molecule has 0 aliphatic heterocycles. The minimum atomic E-state index is 0.600. The third-order valence-electron chi connectivity index (χ3n) is 3.22. The van der Waals surface area contributed by atoms with E-state index in [0.717, 1.165) is 5.69 Å². The van der Waals surface area contributed by atoms with Gasteiger partial charge in [0.25, 0.3) is 0 Å². The molecule has 0 amide bonds. The van der Waals surface area contributed by atoms with Crippen LogP contribution in [0.25, 0.3) is 0 Å². The van der Waals surface area contributed by atoms with Crippen LogP contribution in [0.15, 0.2) is 18.2 Å². The highest BCUT2D eigenvalue weighted by atomic mass is 35.5. The Hall–Kier alpha value is -0.890. The van der Waals surface area contributed by atoms with Crippen molar-refractivity contribution in [1.82, 2.24) is 0 Å². The van der Waals surface area contributed by atoms with Crippen LogP contribution in [0.3, 0.4) is 0 Å². The molecule has 1 saturated carbocycles. The first-order valence-electron chi connectivity index (χ1n) is 6.07. The third-order valence-corrected chi connectivity index (χ3v) is 3.57. The second kappa shape index (κ2) is 5.44. The average molecular weight is 239 g/mol. The predicted octanol–water partition coefficient (Wildman–Crippen LogP) is 4.06. The Morgan fingerprint density at radius 2 is 1.81 bits per heavy atom. The number of nitrogen functional groups attached to an aromatic ring is 1. The van der Waals surface area contributed by atoms with Gasteiger partial charge in [-0.05, 0) is 31.0 Å². The molecule has 16 heavy (non-hydrogen) atoms. The van der Waals surface area contributed by atoms with Crippen LogP contribution in [-0.4, -0.2) is 6.04 Å². The van der Waals surface area contributed by atoms with Gasteiger partial charge in [0, 0.05) is 11.7 Å². The number of hydrogen-bond donors (Lipinski definition) is 2. The molecule has 0 atom stereocenters. The van der Waals surface area contributed by atoms with Crippen LogP contribution in [0.5, 0.6) is 0 Å². The molecular formula is C13H19ClN2. The highest BCUT2D eigenvalue weighted by molar-refractivity contribution is 6.33. The first kappa shape index (κ1) is 11.6. The monoisotopic (exact) mass is 238 g/mol. The predicted molar refractivity (Wildman–Crippen MR) is 71.0 cm³/mol. The summed E-state index contributed by atoms with van der Waals surface area (Å²) < 4.78 is 0. The Bertz CT molecular complexity index is 344. The number of hydrogen-bond acceptors (Lipinski definition) is 2. The van der Waals surface area contributed by atoms with Crippen molar-refractivity contribution in [3.63, 3.8) is 0 Å². The van der Waals surface area contributed by atoms with Gasteiger partial charge in [-0.1, -0.05) is 37.3 Å². The molecule has 2 rings (SSSR count). The molecule has 0 heterocycles. The molecule has 1 aliphatic carbocycles. The van der Waals surface area contributed by atoms with Crippen molar-refractivity contribution in [3.05, 3.63) is 23.2 Å². The fraction of sp³-hybridized carbons (Fsp3) is 0.538. The van der Waals surface area contributed by atoms with E-state index in [4.69, 9.17) is 17.3 Å². The highest BCUT2D eigenvalue weighted by Gasteiger charge is 2.11. The van der Waals surface area contributed by atoms with E-state index in [0.29, 0.717) is 16.8 Å². The van der Waals surface area contributed by atoms with Crippen LogP contribution in [0.1, 0.15) is 38.5 Å². The van der Waals surface area contributed by atoms with Gasteiger partial charge < -0.3 is 11.1 Å². The van der Waals surface area contributed by atoms with Gasteiger partial charge in [-0.2, -0.15) is 0 Å². The quantitative estimate of drug-likeness (QED) is 0.603. The maximum atomic E-state index is 5.90. The second-order valence-corrected chi connectivity index (χ2v) is 4.98. The molecular weight excluding hydrogens is 220 g/mol. The summed E-state index contributed by atoms with van der Waals surface area (Å²) in [4.78, 5) is 0. The van der Waals surface area contributed by atoms with Gasteiger partial charge in [0.15, 0.2) is 0 Å². The SMILES string of the molecule is Nc1cc(NC2CCCCCC2)ccc1Cl. The smallest absolute Gasteiger partial charge is 0.0636 e. The molecule has 1 fully saturated rings. The number of rotatable bonds is 2. The molecule has 0 radical (unpaired) electrons. The number of anilines is 2. The summed E-state index contributed by atoms with van der Waals surface area (Å²) >= 11 is 5.90. The number of nitrogens with one attached hydrogen (secondary N) is 1. The molecule has 0 aromatic heterocycles. The lowest BCUT2D eigenvalue weighted by atomic mass is 10.1. The molecule has 1 aromatic carbocycles. The lowest BCUT2D eigenvalue weighted by Crippen LogP contribution is -2.18. The molecule has 2 nitrogen and oxygen atoms in total. The maximum absolute atomic E-state index is 5.90. The summed E-state index contributed by atoms with van der Waals surface area (Å²) in [6.45, 7) is 0. The van der Waals surface area contributed by atoms with Crippen molar-refractivity contribution < 1.29 is 0 Å². The van der Waals surface area contributed by atoms with Crippen LogP contribution < -0.4 is 11.1 Å². The van der Waals surface area contributed by atoms with E-state index >= 15 is 0 Å². The number of halogens is 1. The second-order valence-electron chi connectivity index (χ2n) is 4.57. The van der Waals surface area contributed by atoms with Gasteiger partial charge in [0.05, 0.1) is 10.7 Å². The highest BCUT2D eigenvalue weighted by Crippen LogP contribution is 2.25. The van der Waals surface area contributed by atoms with Crippen molar-refractivity contribution in [2.75, 3.05) is 11.1 Å². The van der Waals surface area contributed by atoms with E-state index in [9.17, 15) is 0 Å². The summed E-state index contributed by atoms with van der Waals surface area (Å²) in [6, 6.07) is 6.38. The summed E-state index contributed by atoms with van der Waals surface area (Å²) in [5.41, 5.74) is 7.53. The Labute approximate surface area is 102 Å². The molecule has 3 heteroatoms. The van der Waals surface area contributed by atoms with Crippen LogP contribution in [-0.2, 0) is 0 Å². The van der Waals surface area contributed by atoms with E-state index < -0.39 is 0 Å². The molecule has 0 saturated heterocycles. The zero-order valence-electron chi connectivity index (χ0n) is 9.51. The zero-order valence-corrected chi connectivity index (χ0v) is 10.3. The van der Waals surface area contributed by atoms with Gasteiger partial charge >= 0.3 is 0 Å².